The van der Waals surface area contributed by atoms with Crippen molar-refractivity contribution in [3.63, 3.8) is 0 Å². The number of para-hydroxylation sites is 1. The number of hydrogen-bond donors (Lipinski definition) is 1. The van der Waals surface area contributed by atoms with E-state index < -0.39 is 0 Å². The Kier molecular flexibility index (Phi) is 4.94. The van der Waals surface area contributed by atoms with Crippen LogP contribution < -0.4 is 0 Å². The van der Waals surface area contributed by atoms with Gasteiger partial charge in [0.05, 0.1) is 22.7 Å². The number of aryl methyl sites for hydroxylation is 1. The molecule has 3 aromatic carbocycles. The molecule has 1 saturated carbocycles. The molecule has 1 aliphatic carbocycles. The third kappa shape index (κ3) is 3.68. The standard InChI is InChI=1S/C30H29N5O/c1-19-3-2-4-27-28(19)32-29(35(27)18-20-13-14-34(17-20)30(36)23-9-10-23)22-7-5-21(6-8-22)24-11-12-26-25(15-24)16-31-33-26/h2-8,11-12,15-16,20,23H,9-10,13-14,17-18H2,1H3,(H,31,33). The largest absolute Gasteiger partial charge is 0.342 e. The third-order valence-electron chi connectivity index (χ3n) is 7.86. The van der Waals surface area contributed by atoms with Gasteiger partial charge >= 0.3 is 0 Å². The van der Waals surface area contributed by atoms with Crippen molar-refractivity contribution in [2.75, 3.05) is 13.1 Å². The molecule has 6 heteroatoms. The molecule has 3 heterocycles. The molecule has 36 heavy (non-hydrogen) atoms. The van der Waals surface area contributed by atoms with Crippen LogP contribution in [0.5, 0.6) is 0 Å². The number of aromatic amines is 1. The number of nitrogens with one attached hydrogen (secondary N) is 1. The highest BCUT2D eigenvalue weighted by Gasteiger charge is 2.36. The van der Waals surface area contributed by atoms with Crippen LogP contribution in [0.4, 0.5) is 0 Å². The smallest absolute Gasteiger partial charge is 0.225 e. The Labute approximate surface area is 210 Å². The van der Waals surface area contributed by atoms with E-state index in [0.29, 0.717) is 17.7 Å². The summed E-state index contributed by atoms with van der Waals surface area (Å²) in [4.78, 5) is 19.8. The second-order valence-electron chi connectivity index (χ2n) is 10.5. The van der Waals surface area contributed by atoms with Gasteiger partial charge < -0.3 is 9.47 Å². The van der Waals surface area contributed by atoms with Gasteiger partial charge in [-0.3, -0.25) is 9.89 Å². The molecule has 6 nitrogen and oxygen atoms in total. The van der Waals surface area contributed by atoms with E-state index in [4.69, 9.17) is 4.98 Å². The second kappa shape index (κ2) is 8.33. The molecule has 1 atom stereocenters. The molecule has 1 N–H and O–H groups in total. The average molecular weight is 476 g/mol. The number of H-pyrrole nitrogens is 1. The molecule has 1 saturated heterocycles. The number of hydrogen-bond acceptors (Lipinski definition) is 3. The highest BCUT2D eigenvalue weighted by molar-refractivity contribution is 5.86. The molecule has 180 valence electrons. The van der Waals surface area contributed by atoms with Crippen LogP contribution in [0.2, 0.25) is 0 Å². The van der Waals surface area contributed by atoms with Crippen LogP contribution in [-0.2, 0) is 11.3 Å². The Bertz CT molecular complexity index is 1590. The van der Waals surface area contributed by atoms with E-state index in [-0.39, 0.29) is 0 Å². The first-order chi connectivity index (χ1) is 17.6. The van der Waals surface area contributed by atoms with Gasteiger partial charge in [-0.05, 0) is 67.0 Å². The summed E-state index contributed by atoms with van der Waals surface area (Å²) in [7, 11) is 0. The van der Waals surface area contributed by atoms with Crippen molar-refractivity contribution in [2.45, 2.75) is 32.7 Å². The van der Waals surface area contributed by atoms with Crippen molar-refractivity contribution < 1.29 is 4.79 Å². The first-order valence-corrected chi connectivity index (χ1v) is 12.9. The number of amides is 1. The minimum absolute atomic E-state index is 0.295. The fraction of sp³-hybridized carbons (Fsp3) is 0.300. The Hall–Kier alpha value is -3.93. The number of aromatic nitrogens is 4. The maximum atomic E-state index is 12.6. The van der Waals surface area contributed by atoms with Crippen LogP contribution in [-0.4, -0.2) is 43.6 Å². The van der Waals surface area contributed by atoms with E-state index in [1.165, 1.54) is 22.2 Å². The lowest BCUT2D eigenvalue weighted by atomic mass is 10.0. The van der Waals surface area contributed by atoms with Crippen molar-refractivity contribution in [3.05, 3.63) is 72.4 Å². The summed E-state index contributed by atoms with van der Waals surface area (Å²) in [5, 5.41) is 8.26. The molecule has 0 radical (unpaired) electrons. The maximum absolute atomic E-state index is 12.6. The van der Waals surface area contributed by atoms with Crippen LogP contribution in [0.25, 0.3) is 44.5 Å². The summed E-state index contributed by atoms with van der Waals surface area (Å²) in [6.07, 6.45) is 5.06. The zero-order chi connectivity index (χ0) is 24.2. The quantitative estimate of drug-likeness (QED) is 0.349. The van der Waals surface area contributed by atoms with Crippen LogP contribution in [0.15, 0.2) is 66.9 Å². The average Bonchev–Trinajstić information content (AvgIpc) is 3.30. The number of likely N-dealkylation sites (tertiary alicyclic amines) is 1. The normalized spacial score (nSPS) is 17.9. The van der Waals surface area contributed by atoms with E-state index in [2.05, 4.69) is 87.3 Å². The number of nitrogens with zero attached hydrogens (tertiary/aromatic N) is 4. The summed E-state index contributed by atoms with van der Waals surface area (Å²) < 4.78 is 2.38. The van der Waals surface area contributed by atoms with Gasteiger partial charge in [0.15, 0.2) is 0 Å². The Balaban J connectivity index is 1.22. The zero-order valence-electron chi connectivity index (χ0n) is 20.4. The fourth-order valence-corrected chi connectivity index (χ4v) is 5.65. The minimum atomic E-state index is 0.295. The monoisotopic (exact) mass is 475 g/mol. The number of carbonyl (C=O) groups excluding carboxylic acids is 1. The van der Waals surface area contributed by atoms with E-state index in [9.17, 15) is 4.79 Å². The molecule has 0 spiro atoms. The first-order valence-electron chi connectivity index (χ1n) is 12.9. The minimum Gasteiger partial charge on any atom is -0.342 e. The SMILES string of the molecule is Cc1cccc2c1nc(-c1ccc(-c3ccc4[nH]ncc4c3)cc1)n2CC1CCN(C(=O)C2CC2)C1. The molecule has 1 aliphatic heterocycles. The van der Waals surface area contributed by atoms with Gasteiger partial charge in [0, 0.05) is 36.5 Å². The van der Waals surface area contributed by atoms with Crippen LogP contribution >= 0.6 is 0 Å². The van der Waals surface area contributed by atoms with Gasteiger partial charge in [0.25, 0.3) is 0 Å². The van der Waals surface area contributed by atoms with Crippen molar-refractivity contribution in [2.24, 2.45) is 11.8 Å². The highest BCUT2D eigenvalue weighted by Crippen LogP contribution is 2.35. The number of benzene rings is 3. The summed E-state index contributed by atoms with van der Waals surface area (Å²) in [5.74, 6) is 2.12. The van der Waals surface area contributed by atoms with Crippen LogP contribution in [0.3, 0.4) is 0 Å². The second-order valence-corrected chi connectivity index (χ2v) is 10.5. The highest BCUT2D eigenvalue weighted by atomic mass is 16.2. The summed E-state index contributed by atoms with van der Waals surface area (Å²) in [5.41, 5.74) is 7.93. The maximum Gasteiger partial charge on any atom is 0.225 e. The molecule has 5 aromatic rings. The van der Waals surface area contributed by atoms with Crippen molar-refractivity contribution in [3.8, 4) is 22.5 Å². The van der Waals surface area contributed by atoms with Gasteiger partial charge in [-0.15, -0.1) is 0 Å². The van der Waals surface area contributed by atoms with E-state index in [1.54, 1.807) is 0 Å². The molecule has 7 rings (SSSR count). The molecular weight excluding hydrogens is 446 g/mol. The van der Waals surface area contributed by atoms with E-state index in [1.807, 2.05) is 6.20 Å². The number of fused-ring (bicyclic) bond motifs is 2. The lowest BCUT2D eigenvalue weighted by molar-refractivity contribution is -0.131. The third-order valence-corrected chi connectivity index (χ3v) is 7.86. The predicted molar refractivity (Wildman–Crippen MR) is 142 cm³/mol. The van der Waals surface area contributed by atoms with Gasteiger partial charge in [-0.25, -0.2) is 4.98 Å². The van der Waals surface area contributed by atoms with Gasteiger partial charge in [0.1, 0.15) is 5.82 Å². The Morgan fingerprint density at radius 3 is 2.64 bits per heavy atom. The molecule has 2 aliphatic rings. The summed E-state index contributed by atoms with van der Waals surface area (Å²) >= 11 is 0. The lowest BCUT2D eigenvalue weighted by Gasteiger charge is -2.18. The van der Waals surface area contributed by atoms with E-state index >= 15 is 0 Å². The topological polar surface area (TPSA) is 66.8 Å². The lowest BCUT2D eigenvalue weighted by Crippen LogP contribution is -2.30. The Morgan fingerprint density at radius 2 is 1.81 bits per heavy atom. The van der Waals surface area contributed by atoms with Crippen molar-refractivity contribution in [1.29, 1.82) is 0 Å². The van der Waals surface area contributed by atoms with Gasteiger partial charge in [0.2, 0.25) is 5.91 Å². The molecule has 2 fully saturated rings. The van der Waals surface area contributed by atoms with Crippen molar-refractivity contribution in [1.82, 2.24) is 24.6 Å². The summed E-state index contributed by atoms with van der Waals surface area (Å²) in [6.45, 7) is 4.75. The number of imidazole rings is 1. The molecule has 1 unspecified atom stereocenters. The molecular formula is C30H29N5O. The predicted octanol–water partition coefficient (Wildman–Crippen LogP) is 5.81. The van der Waals surface area contributed by atoms with Gasteiger partial charge in [-0.2, -0.15) is 5.10 Å². The zero-order valence-corrected chi connectivity index (χ0v) is 20.4. The fourth-order valence-electron chi connectivity index (χ4n) is 5.65. The van der Waals surface area contributed by atoms with E-state index in [0.717, 1.165) is 66.7 Å². The van der Waals surface area contributed by atoms with Crippen LogP contribution in [0, 0.1) is 18.8 Å². The molecule has 2 aromatic heterocycles. The molecule has 1 amide bonds. The number of rotatable bonds is 5. The van der Waals surface area contributed by atoms with Gasteiger partial charge in [-0.1, -0.05) is 42.5 Å². The van der Waals surface area contributed by atoms with Crippen molar-refractivity contribution >= 4 is 27.8 Å². The van der Waals surface area contributed by atoms with Crippen LogP contribution in [0.1, 0.15) is 24.8 Å². The summed E-state index contributed by atoms with van der Waals surface area (Å²) in [6, 6.07) is 21.5. The number of carbonyl (C=O) groups is 1. The first kappa shape index (κ1) is 21.4. The molecule has 0 bridgehead atoms. The Morgan fingerprint density at radius 1 is 1.00 bits per heavy atom.